The maximum atomic E-state index is 6.73. The third-order valence-electron chi connectivity index (χ3n) is 4.98. The van der Waals surface area contributed by atoms with Gasteiger partial charge in [-0.1, -0.05) is 61.0 Å². The van der Waals surface area contributed by atoms with Crippen molar-refractivity contribution >= 4 is 0 Å². The van der Waals surface area contributed by atoms with Crippen molar-refractivity contribution < 1.29 is 0 Å². The Hall–Kier alpha value is -1.90. The number of benzene rings is 2. The Kier molecular flexibility index (Phi) is 4.94. The van der Waals surface area contributed by atoms with Crippen LogP contribution in [0.3, 0.4) is 0 Å². The quantitative estimate of drug-likeness (QED) is 0.801. The third kappa shape index (κ3) is 3.39. The first kappa shape index (κ1) is 16.0. The molecular formula is C21H26N2. The Balaban J connectivity index is 1.92. The fraction of sp³-hybridized carbons (Fsp3) is 0.333. The van der Waals surface area contributed by atoms with Crippen LogP contribution in [0.5, 0.6) is 0 Å². The molecule has 2 heteroatoms. The van der Waals surface area contributed by atoms with Crippen LogP contribution in [0.4, 0.5) is 0 Å². The second kappa shape index (κ2) is 7.12. The molecule has 0 bridgehead atoms. The van der Waals surface area contributed by atoms with E-state index in [1.165, 1.54) is 29.5 Å². The minimum Gasteiger partial charge on any atom is -0.322 e. The van der Waals surface area contributed by atoms with Gasteiger partial charge in [0.1, 0.15) is 0 Å². The Morgan fingerprint density at radius 2 is 1.87 bits per heavy atom. The second-order valence-corrected chi connectivity index (χ2v) is 6.50. The lowest BCUT2D eigenvalue weighted by atomic mass is 9.76. The molecule has 2 aromatic carbocycles. The molecule has 1 heterocycles. The molecule has 0 spiro atoms. The predicted molar refractivity (Wildman–Crippen MR) is 98.2 cm³/mol. The molecule has 1 saturated heterocycles. The average Bonchev–Trinajstić information content (AvgIpc) is 2.63. The largest absolute Gasteiger partial charge is 0.322 e. The van der Waals surface area contributed by atoms with Gasteiger partial charge in [-0.25, -0.2) is 0 Å². The number of rotatable bonds is 5. The summed E-state index contributed by atoms with van der Waals surface area (Å²) < 4.78 is 0. The minimum absolute atomic E-state index is 0.0236. The van der Waals surface area contributed by atoms with E-state index in [0.717, 1.165) is 19.4 Å². The maximum Gasteiger partial charge on any atom is 0.0483 e. The topological polar surface area (TPSA) is 38.0 Å². The fourth-order valence-electron chi connectivity index (χ4n) is 3.68. The summed E-state index contributed by atoms with van der Waals surface area (Å²) in [6.45, 7) is 4.99. The van der Waals surface area contributed by atoms with Gasteiger partial charge < -0.3 is 11.1 Å². The molecule has 1 aliphatic rings. The molecule has 1 aliphatic heterocycles. The molecule has 120 valence electrons. The molecule has 1 fully saturated rings. The third-order valence-corrected chi connectivity index (χ3v) is 4.98. The average molecular weight is 306 g/mol. The summed E-state index contributed by atoms with van der Waals surface area (Å²) >= 11 is 0. The van der Waals surface area contributed by atoms with Crippen LogP contribution in [-0.4, -0.2) is 12.1 Å². The second-order valence-electron chi connectivity index (χ2n) is 6.50. The Morgan fingerprint density at radius 3 is 2.57 bits per heavy atom. The van der Waals surface area contributed by atoms with Gasteiger partial charge in [0.05, 0.1) is 0 Å². The van der Waals surface area contributed by atoms with Crippen LogP contribution in [0.1, 0.15) is 37.3 Å². The van der Waals surface area contributed by atoms with Gasteiger partial charge in [-0.3, -0.25) is 0 Å². The van der Waals surface area contributed by atoms with Gasteiger partial charge in [0.15, 0.2) is 0 Å². The van der Waals surface area contributed by atoms with Gasteiger partial charge >= 0.3 is 0 Å². The molecule has 2 atom stereocenters. The van der Waals surface area contributed by atoms with Gasteiger partial charge in [0.2, 0.25) is 0 Å². The van der Waals surface area contributed by atoms with E-state index in [2.05, 4.69) is 60.4 Å². The lowest BCUT2D eigenvalue weighted by Gasteiger charge is -2.43. The van der Waals surface area contributed by atoms with Crippen molar-refractivity contribution in [2.75, 3.05) is 6.54 Å². The lowest BCUT2D eigenvalue weighted by molar-refractivity contribution is 0.211. The zero-order valence-corrected chi connectivity index (χ0v) is 13.7. The smallest absolute Gasteiger partial charge is 0.0483 e. The summed E-state index contributed by atoms with van der Waals surface area (Å²) in [6.07, 6.45) is 6.47. The molecule has 0 aliphatic carbocycles. The summed E-state index contributed by atoms with van der Waals surface area (Å²) in [5.74, 6) is 0. The van der Waals surface area contributed by atoms with E-state index in [1.807, 2.05) is 12.1 Å². The molecule has 3 rings (SSSR count). The normalized spacial score (nSPS) is 22.5. The molecule has 2 nitrogen and oxygen atoms in total. The zero-order chi connectivity index (χ0) is 16.1. The highest BCUT2D eigenvalue weighted by molar-refractivity contribution is 5.64. The molecule has 3 N–H and O–H groups in total. The number of piperidine rings is 1. The molecule has 0 aromatic heterocycles. The van der Waals surface area contributed by atoms with Crippen molar-refractivity contribution in [1.82, 2.24) is 5.32 Å². The van der Waals surface area contributed by atoms with Crippen LogP contribution in [0.25, 0.3) is 11.1 Å². The molecule has 0 amide bonds. The van der Waals surface area contributed by atoms with Gasteiger partial charge in [0, 0.05) is 11.6 Å². The van der Waals surface area contributed by atoms with Crippen molar-refractivity contribution in [3.63, 3.8) is 0 Å². The van der Waals surface area contributed by atoms with Crippen LogP contribution in [0.15, 0.2) is 67.3 Å². The number of hydrogen-bond acceptors (Lipinski definition) is 2. The van der Waals surface area contributed by atoms with Crippen molar-refractivity contribution in [2.24, 2.45) is 5.73 Å². The summed E-state index contributed by atoms with van der Waals surface area (Å²) in [6, 6.07) is 19.1. The van der Waals surface area contributed by atoms with E-state index in [-0.39, 0.29) is 11.6 Å². The van der Waals surface area contributed by atoms with Crippen LogP contribution in [0, 0.1) is 0 Å². The first-order chi connectivity index (χ1) is 11.2. The van der Waals surface area contributed by atoms with E-state index in [1.54, 1.807) is 0 Å². The fourth-order valence-corrected chi connectivity index (χ4v) is 3.68. The van der Waals surface area contributed by atoms with Crippen molar-refractivity contribution in [1.29, 1.82) is 0 Å². The van der Waals surface area contributed by atoms with E-state index in [4.69, 9.17) is 5.73 Å². The summed E-state index contributed by atoms with van der Waals surface area (Å²) in [7, 11) is 0. The predicted octanol–water partition coefficient (Wildman–Crippen LogP) is 4.44. The SMILES string of the molecule is C=CC[C@]1([C@@H](N)c2cccc(-c3ccccc3)c2)CCCCN1. The molecule has 0 radical (unpaired) electrons. The van der Waals surface area contributed by atoms with Crippen LogP contribution >= 0.6 is 0 Å². The zero-order valence-electron chi connectivity index (χ0n) is 13.7. The highest BCUT2D eigenvalue weighted by Crippen LogP contribution is 2.35. The van der Waals surface area contributed by atoms with E-state index in [0.29, 0.717) is 0 Å². The van der Waals surface area contributed by atoms with Crippen LogP contribution < -0.4 is 11.1 Å². The van der Waals surface area contributed by atoms with E-state index >= 15 is 0 Å². The van der Waals surface area contributed by atoms with Crippen molar-refractivity contribution in [3.8, 4) is 11.1 Å². The highest BCUT2D eigenvalue weighted by atomic mass is 15.0. The highest BCUT2D eigenvalue weighted by Gasteiger charge is 2.37. The van der Waals surface area contributed by atoms with Crippen molar-refractivity contribution in [3.05, 3.63) is 72.8 Å². The number of nitrogens with one attached hydrogen (secondary N) is 1. The van der Waals surface area contributed by atoms with Gasteiger partial charge in [-0.05, 0) is 48.6 Å². The molecule has 2 aromatic rings. The maximum absolute atomic E-state index is 6.73. The first-order valence-corrected chi connectivity index (χ1v) is 8.52. The molecule has 0 unspecified atom stereocenters. The van der Waals surface area contributed by atoms with Gasteiger partial charge in [-0.2, -0.15) is 0 Å². The molecule has 23 heavy (non-hydrogen) atoms. The van der Waals surface area contributed by atoms with E-state index in [9.17, 15) is 0 Å². The number of nitrogens with two attached hydrogens (primary N) is 1. The molecule has 0 saturated carbocycles. The monoisotopic (exact) mass is 306 g/mol. The Labute approximate surface area is 139 Å². The summed E-state index contributed by atoms with van der Waals surface area (Å²) in [5.41, 5.74) is 10.3. The van der Waals surface area contributed by atoms with Crippen molar-refractivity contribution in [2.45, 2.75) is 37.3 Å². The Morgan fingerprint density at radius 1 is 1.09 bits per heavy atom. The van der Waals surface area contributed by atoms with E-state index < -0.39 is 0 Å². The summed E-state index contributed by atoms with van der Waals surface area (Å²) in [5, 5.41) is 3.69. The summed E-state index contributed by atoms with van der Waals surface area (Å²) in [4.78, 5) is 0. The van der Waals surface area contributed by atoms with Crippen LogP contribution in [-0.2, 0) is 0 Å². The lowest BCUT2D eigenvalue weighted by Crippen LogP contribution is -2.55. The van der Waals surface area contributed by atoms with Gasteiger partial charge in [0.25, 0.3) is 0 Å². The Bertz CT molecular complexity index is 642. The minimum atomic E-state index is -0.0602. The molecular weight excluding hydrogens is 280 g/mol. The van der Waals surface area contributed by atoms with Gasteiger partial charge in [-0.15, -0.1) is 6.58 Å². The standard InChI is InChI=1S/C21H26N2/c1-2-13-21(14-6-7-15-23-21)20(22)19-12-8-11-18(16-19)17-9-4-3-5-10-17/h2-5,8-12,16,20,23H,1,6-7,13-15,22H2/t20-,21+/m0/s1. The number of hydrogen-bond donors (Lipinski definition) is 2. The first-order valence-electron chi connectivity index (χ1n) is 8.52. The van der Waals surface area contributed by atoms with Crippen LogP contribution in [0.2, 0.25) is 0 Å².